The van der Waals surface area contributed by atoms with Gasteiger partial charge in [0.15, 0.2) is 0 Å². The zero-order chi connectivity index (χ0) is 11.1. The second kappa shape index (κ2) is 3.88. The molecule has 16 heavy (non-hydrogen) atoms. The highest BCUT2D eigenvalue weighted by Crippen LogP contribution is 2.45. The average Bonchev–Trinajstić information content (AvgIpc) is 2.87. The summed E-state index contributed by atoms with van der Waals surface area (Å²) in [6.45, 7) is 0. The van der Waals surface area contributed by atoms with Gasteiger partial charge >= 0.3 is 0 Å². The van der Waals surface area contributed by atoms with E-state index in [0.717, 1.165) is 12.0 Å². The lowest BCUT2D eigenvalue weighted by Gasteiger charge is -2.08. The molecule has 0 fully saturated rings. The fourth-order valence-corrected chi connectivity index (χ4v) is 3.31. The molecule has 0 radical (unpaired) electrons. The maximum atomic E-state index is 10.0. The minimum absolute atomic E-state index is 0.327. The van der Waals surface area contributed by atoms with E-state index in [1.165, 1.54) is 11.1 Å². The zero-order valence-electron chi connectivity index (χ0n) is 8.56. The van der Waals surface area contributed by atoms with Crippen LogP contribution in [0.15, 0.2) is 35.0 Å². The summed E-state index contributed by atoms with van der Waals surface area (Å²) in [4.78, 5) is 0. The molecule has 1 N–H and O–H groups in total. The summed E-state index contributed by atoms with van der Waals surface area (Å²) in [5.41, 5.74) is 3.50. The van der Waals surface area contributed by atoms with Gasteiger partial charge in [-0.1, -0.05) is 17.7 Å². The van der Waals surface area contributed by atoms with Gasteiger partial charge in [-0.15, -0.1) is 0 Å². The standard InChI is InChI=1S/C13H11ClOS/c14-9-1-2-10-11(8-3-4-16-7-8)6-13(15)12(10)5-9/h1-5,7,11,13,15H,6H2. The molecule has 2 unspecified atom stereocenters. The number of benzene rings is 1. The van der Waals surface area contributed by atoms with Crippen molar-refractivity contribution >= 4 is 22.9 Å². The van der Waals surface area contributed by atoms with Crippen molar-refractivity contribution in [3.63, 3.8) is 0 Å². The first-order chi connectivity index (χ1) is 7.75. The molecule has 0 saturated heterocycles. The molecule has 2 atom stereocenters. The first kappa shape index (κ1) is 10.3. The van der Waals surface area contributed by atoms with E-state index in [0.29, 0.717) is 10.9 Å². The third-order valence-corrected chi connectivity index (χ3v) is 4.12. The largest absolute Gasteiger partial charge is 0.388 e. The highest BCUT2D eigenvalue weighted by molar-refractivity contribution is 7.08. The van der Waals surface area contributed by atoms with Gasteiger partial charge in [0.1, 0.15) is 0 Å². The molecule has 1 aromatic carbocycles. The third-order valence-electron chi connectivity index (χ3n) is 3.19. The fraction of sp³-hybridized carbons (Fsp3) is 0.231. The minimum atomic E-state index is -0.376. The number of aliphatic hydroxyl groups excluding tert-OH is 1. The maximum Gasteiger partial charge on any atom is 0.0802 e. The van der Waals surface area contributed by atoms with Crippen molar-refractivity contribution in [3.05, 3.63) is 56.7 Å². The monoisotopic (exact) mass is 250 g/mol. The lowest BCUT2D eigenvalue weighted by Crippen LogP contribution is -1.93. The van der Waals surface area contributed by atoms with Crippen molar-refractivity contribution in [1.82, 2.24) is 0 Å². The van der Waals surface area contributed by atoms with Crippen LogP contribution in [0.5, 0.6) is 0 Å². The molecule has 0 spiro atoms. The molecule has 1 nitrogen and oxygen atoms in total. The predicted octanol–water partition coefficient (Wildman–Crippen LogP) is 3.97. The summed E-state index contributed by atoms with van der Waals surface area (Å²) in [5, 5.41) is 15.0. The van der Waals surface area contributed by atoms with Gasteiger partial charge in [-0.05, 0) is 52.1 Å². The second-order valence-corrected chi connectivity index (χ2v) is 5.35. The Morgan fingerprint density at radius 1 is 1.25 bits per heavy atom. The molecular weight excluding hydrogens is 240 g/mol. The van der Waals surface area contributed by atoms with Crippen LogP contribution >= 0.6 is 22.9 Å². The Morgan fingerprint density at radius 3 is 2.88 bits per heavy atom. The molecule has 1 aliphatic rings. The van der Waals surface area contributed by atoms with E-state index in [1.807, 2.05) is 18.2 Å². The van der Waals surface area contributed by atoms with E-state index < -0.39 is 0 Å². The minimum Gasteiger partial charge on any atom is -0.388 e. The molecule has 1 aromatic heterocycles. The van der Waals surface area contributed by atoms with E-state index in [1.54, 1.807) is 11.3 Å². The number of fused-ring (bicyclic) bond motifs is 1. The Bertz CT molecular complexity index is 507. The molecule has 0 saturated carbocycles. The molecule has 0 aliphatic heterocycles. The molecule has 0 amide bonds. The molecular formula is C13H11ClOS. The Kier molecular flexibility index (Phi) is 2.51. The van der Waals surface area contributed by atoms with Gasteiger partial charge in [-0.3, -0.25) is 0 Å². The maximum absolute atomic E-state index is 10.0. The molecule has 1 aliphatic carbocycles. The number of aliphatic hydroxyl groups is 1. The van der Waals surface area contributed by atoms with Crippen LogP contribution in [0, 0.1) is 0 Å². The van der Waals surface area contributed by atoms with Gasteiger partial charge in [-0.2, -0.15) is 11.3 Å². The fourth-order valence-electron chi connectivity index (χ4n) is 2.42. The van der Waals surface area contributed by atoms with E-state index in [-0.39, 0.29) is 6.10 Å². The predicted molar refractivity (Wildman–Crippen MR) is 67.2 cm³/mol. The van der Waals surface area contributed by atoms with Crippen molar-refractivity contribution in [3.8, 4) is 0 Å². The quantitative estimate of drug-likeness (QED) is 0.812. The molecule has 1 heterocycles. The van der Waals surface area contributed by atoms with Crippen LogP contribution in [-0.2, 0) is 0 Å². The van der Waals surface area contributed by atoms with Crippen LogP contribution in [-0.4, -0.2) is 5.11 Å². The summed E-state index contributed by atoms with van der Waals surface area (Å²) in [5.74, 6) is 0.327. The number of hydrogen-bond acceptors (Lipinski definition) is 2. The summed E-state index contributed by atoms with van der Waals surface area (Å²) in [7, 11) is 0. The summed E-state index contributed by atoms with van der Waals surface area (Å²) in [6, 6.07) is 7.95. The van der Waals surface area contributed by atoms with Gasteiger partial charge in [0.2, 0.25) is 0 Å². The van der Waals surface area contributed by atoms with E-state index in [9.17, 15) is 5.11 Å². The average molecular weight is 251 g/mol. The van der Waals surface area contributed by atoms with E-state index in [2.05, 4.69) is 16.8 Å². The van der Waals surface area contributed by atoms with Crippen molar-refractivity contribution < 1.29 is 5.11 Å². The van der Waals surface area contributed by atoms with Crippen molar-refractivity contribution in [2.75, 3.05) is 0 Å². The summed E-state index contributed by atoms with van der Waals surface area (Å²) < 4.78 is 0. The first-order valence-corrected chi connectivity index (χ1v) is 6.57. The van der Waals surface area contributed by atoms with Gasteiger partial charge in [0, 0.05) is 10.9 Å². The molecule has 0 bridgehead atoms. The summed E-state index contributed by atoms with van der Waals surface area (Å²) in [6.07, 6.45) is 0.394. The number of thiophene rings is 1. The van der Waals surface area contributed by atoms with E-state index >= 15 is 0 Å². The Balaban J connectivity index is 2.09. The topological polar surface area (TPSA) is 20.2 Å². The lowest BCUT2D eigenvalue weighted by atomic mass is 9.95. The number of rotatable bonds is 1. The highest BCUT2D eigenvalue weighted by Gasteiger charge is 2.30. The van der Waals surface area contributed by atoms with E-state index in [4.69, 9.17) is 11.6 Å². The van der Waals surface area contributed by atoms with Gasteiger partial charge in [0.05, 0.1) is 6.10 Å². The normalized spacial score (nSPS) is 23.4. The second-order valence-electron chi connectivity index (χ2n) is 4.13. The van der Waals surface area contributed by atoms with Crippen LogP contribution in [0.3, 0.4) is 0 Å². The van der Waals surface area contributed by atoms with Crippen LogP contribution in [0.1, 0.15) is 35.1 Å². The number of halogens is 1. The Hall–Kier alpha value is -0.830. The van der Waals surface area contributed by atoms with Crippen LogP contribution in [0.4, 0.5) is 0 Å². The number of hydrogen-bond donors (Lipinski definition) is 1. The van der Waals surface area contributed by atoms with Crippen molar-refractivity contribution in [2.24, 2.45) is 0 Å². The summed E-state index contributed by atoms with van der Waals surface area (Å²) >= 11 is 7.65. The molecule has 3 heteroatoms. The Morgan fingerprint density at radius 2 is 2.12 bits per heavy atom. The lowest BCUT2D eigenvalue weighted by molar-refractivity contribution is 0.176. The van der Waals surface area contributed by atoms with Crippen LogP contribution in [0.25, 0.3) is 0 Å². The van der Waals surface area contributed by atoms with Gasteiger partial charge in [0.25, 0.3) is 0 Å². The zero-order valence-corrected chi connectivity index (χ0v) is 10.1. The van der Waals surface area contributed by atoms with Crippen molar-refractivity contribution in [2.45, 2.75) is 18.4 Å². The third kappa shape index (κ3) is 1.58. The smallest absolute Gasteiger partial charge is 0.0802 e. The van der Waals surface area contributed by atoms with Crippen molar-refractivity contribution in [1.29, 1.82) is 0 Å². The highest BCUT2D eigenvalue weighted by atomic mass is 35.5. The van der Waals surface area contributed by atoms with Crippen LogP contribution < -0.4 is 0 Å². The first-order valence-electron chi connectivity index (χ1n) is 5.25. The molecule has 82 valence electrons. The van der Waals surface area contributed by atoms with Gasteiger partial charge < -0.3 is 5.11 Å². The SMILES string of the molecule is OC1CC(c2ccsc2)c2ccc(Cl)cc21. The molecule has 3 rings (SSSR count). The van der Waals surface area contributed by atoms with Gasteiger partial charge in [-0.25, -0.2) is 0 Å². The Labute approximate surface area is 103 Å². The molecule has 2 aromatic rings. The van der Waals surface area contributed by atoms with Crippen LogP contribution in [0.2, 0.25) is 5.02 Å².